The van der Waals surface area contributed by atoms with E-state index in [4.69, 9.17) is 0 Å². The van der Waals surface area contributed by atoms with Crippen molar-refractivity contribution in [3.8, 4) is 39.1 Å². The van der Waals surface area contributed by atoms with E-state index in [1.54, 1.807) is 0 Å². The third-order valence-corrected chi connectivity index (χ3v) is 9.46. The van der Waals surface area contributed by atoms with Crippen LogP contribution >= 0.6 is 0 Å². The predicted molar refractivity (Wildman–Crippen MR) is 210 cm³/mol. The number of anilines is 3. The van der Waals surface area contributed by atoms with Crippen LogP contribution in [0.5, 0.6) is 0 Å². The van der Waals surface area contributed by atoms with Crippen molar-refractivity contribution in [1.29, 1.82) is 0 Å². The number of pyridine rings is 1. The molecule has 0 aliphatic carbocycles. The van der Waals surface area contributed by atoms with Crippen LogP contribution in [0.4, 0.5) is 17.1 Å². The number of rotatable bonds is 7. The van der Waals surface area contributed by atoms with Crippen molar-refractivity contribution in [1.82, 2.24) is 9.55 Å². The van der Waals surface area contributed by atoms with E-state index in [1.165, 1.54) is 49.6 Å². The summed E-state index contributed by atoms with van der Waals surface area (Å²) in [4.78, 5) is 6.73. The molecule has 0 saturated heterocycles. The van der Waals surface area contributed by atoms with E-state index in [-0.39, 0.29) is 0 Å². The lowest BCUT2D eigenvalue weighted by Gasteiger charge is -2.26. The van der Waals surface area contributed by atoms with E-state index in [1.807, 2.05) is 18.5 Å². The highest BCUT2D eigenvalue weighted by molar-refractivity contribution is 6.10. The molecule has 9 rings (SSSR count). The molecule has 0 aliphatic heterocycles. The molecular weight excluding hydrogens is 607 g/mol. The molecule has 3 nitrogen and oxygen atoms in total. The maximum Gasteiger partial charge on any atom is 0.0644 e. The minimum Gasteiger partial charge on any atom is -0.309 e. The average Bonchev–Trinajstić information content (AvgIpc) is 3.53. The monoisotopic (exact) mass is 639 g/mol. The van der Waals surface area contributed by atoms with Gasteiger partial charge in [-0.3, -0.25) is 4.98 Å². The fourth-order valence-corrected chi connectivity index (χ4v) is 7.08. The summed E-state index contributed by atoms with van der Waals surface area (Å²) in [5.74, 6) is 0. The molecule has 2 aromatic heterocycles. The van der Waals surface area contributed by atoms with Crippen LogP contribution in [0.15, 0.2) is 200 Å². The van der Waals surface area contributed by atoms with E-state index < -0.39 is 0 Å². The summed E-state index contributed by atoms with van der Waals surface area (Å²) in [7, 11) is 0. The second-order valence-corrected chi connectivity index (χ2v) is 12.5. The molecular formula is C47H33N3. The first-order valence-electron chi connectivity index (χ1n) is 17.0. The molecule has 0 aliphatic rings. The molecule has 0 amide bonds. The van der Waals surface area contributed by atoms with Gasteiger partial charge in [-0.15, -0.1) is 0 Å². The summed E-state index contributed by atoms with van der Waals surface area (Å²) in [6.45, 7) is 0. The van der Waals surface area contributed by atoms with Gasteiger partial charge >= 0.3 is 0 Å². The van der Waals surface area contributed by atoms with Crippen LogP contribution in [0, 0.1) is 0 Å². The second-order valence-electron chi connectivity index (χ2n) is 12.5. The van der Waals surface area contributed by atoms with Crippen LogP contribution in [0.2, 0.25) is 0 Å². The lowest BCUT2D eigenvalue weighted by molar-refractivity contribution is 1.18. The topological polar surface area (TPSA) is 21.1 Å². The highest BCUT2D eigenvalue weighted by Crippen LogP contribution is 2.39. The molecule has 0 spiro atoms. The Labute approximate surface area is 292 Å². The Morgan fingerprint density at radius 2 is 0.940 bits per heavy atom. The average molecular weight is 640 g/mol. The largest absolute Gasteiger partial charge is 0.309 e. The number of para-hydroxylation sites is 2. The number of aromatic nitrogens is 2. The lowest BCUT2D eigenvalue weighted by Crippen LogP contribution is -2.10. The zero-order chi connectivity index (χ0) is 33.3. The number of nitrogens with zero attached hydrogens (tertiary/aromatic N) is 3. The van der Waals surface area contributed by atoms with E-state index in [2.05, 4.69) is 196 Å². The molecule has 50 heavy (non-hydrogen) atoms. The number of hydrogen-bond acceptors (Lipinski definition) is 2. The van der Waals surface area contributed by atoms with Gasteiger partial charge < -0.3 is 9.47 Å². The SMILES string of the molecule is c1ccc(-c2ccc(N(c3cccnc3)c3cccc(-c4cccc(-c5ccc6c7ccccc7n(-c7ccccc7)c6c5)c4)c3)cc2)cc1. The maximum absolute atomic E-state index is 4.46. The Kier molecular flexibility index (Phi) is 7.49. The number of hydrogen-bond donors (Lipinski definition) is 0. The Balaban J connectivity index is 1.11. The van der Waals surface area contributed by atoms with Gasteiger partial charge in [0.05, 0.1) is 22.9 Å². The molecule has 0 saturated carbocycles. The van der Waals surface area contributed by atoms with Gasteiger partial charge in [-0.1, -0.05) is 121 Å². The summed E-state index contributed by atoms with van der Waals surface area (Å²) < 4.78 is 2.38. The molecule has 7 aromatic carbocycles. The first-order chi connectivity index (χ1) is 24.8. The first kappa shape index (κ1) is 29.4. The van der Waals surface area contributed by atoms with Gasteiger partial charge in [-0.2, -0.15) is 0 Å². The Morgan fingerprint density at radius 1 is 0.360 bits per heavy atom. The molecule has 236 valence electrons. The van der Waals surface area contributed by atoms with Crippen LogP contribution in [-0.2, 0) is 0 Å². The van der Waals surface area contributed by atoms with Crippen LogP contribution in [0.3, 0.4) is 0 Å². The molecule has 0 radical (unpaired) electrons. The molecule has 3 heteroatoms. The fraction of sp³-hybridized carbons (Fsp3) is 0. The Bertz CT molecular complexity index is 2570. The van der Waals surface area contributed by atoms with Gasteiger partial charge in [-0.05, 0) is 100 Å². The smallest absolute Gasteiger partial charge is 0.0644 e. The molecule has 0 atom stereocenters. The highest BCUT2D eigenvalue weighted by atomic mass is 15.1. The first-order valence-corrected chi connectivity index (χ1v) is 17.0. The molecule has 0 unspecified atom stereocenters. The zero-order valence-electron chi connectivity index (χ0n) is 27.4. The summed E-state index contributed by atoms with van der Waals surface area (Å²) in [5, 5.41) is 2.51. The van der Waals surface area contributed by atoms with Crippen molar-refractivity contribution in [2.24, 2.45) is 0 Å². The van der Waals surface area contributed by atoms with Crippen molar-refractivity contribution in [3.63, 3.8) is 0 Å². The zero-order valence-corrected chi connectivity index (χ0v) is 27.4. The van der Waals surface area contributed by atoms with E-state index in [0.29, 0.717) is 0 Å². The lowest BCUT2D eigenvalue weighted by atomic mass is 9.97. The minimum absolute atomic E-state index is 1.01. The highest BCUT2D eigenvalue weighted by Gasteiger charge is 2.16. The molecule has 0 N–H and O–H groups in total. The fourth-order valence-electron chi connectivity index (χ4n) is 7.08. The van der Waals surface area contributed by atoms with Crippen LogP contribution in [0.1, 0.15) is 0 Å². The van der Waals surface area contributed by atoms with Gasteiger partial charge in [-0.25, -0.2) is 0 Å². The number of fused-ring (bicyclic) bond motifs is 3. The van der Waals surface area contributed by atoms with Crippen molar-refractivity contribution < 1.29 is 0 Å². The molecule has 0 fully saturated rings. The maximum atomic E-state index is 4.46. The molecule has 9 aromatic rings. The van der Waals surface area contributed by atoms with E-state index in [0.717, 1.165) is 28.3 Å². The Morgan fingerprint density at radius 3 is 1.70 bits per heavy atom. The summed E-state index contributed by atoms with van der Waals surface area (Å²) >= 11 is 0. The number of benzene rings is 7. The van der Waals surface area contributed by atoms with Crippen molar-refractivity contribution in [2.75, 3.05) is 4.90 Å². The minimum atomic E-state index is 1.01. The normalized spacial score (nSPS) is 11.2. The van der Waals surface area contributed by atoms with Gasteiger partial charge in [0.1, 0.15) is 0 Å². The van der Waals surface area contributed by atoms with Crippen LogP contribution in [0.25, 0.3) is 60.9 Å². The molecule has 2 heterocycles. The van der Waals surface area contributed by atoms with E-state index >= 15 is 0 Å². The van der Waals surface area contributed by atoms with Gasteiger partial charge in [0.15, 0.2) is 0 Å². The van der Waals surface area contributed by atoms with E-state index in [9.17, 15) is 0 Å². The van der Waals surface area contributed by atoms with Crippen molar-refractivity contribution in [3.05, 3.63) is 200 Å². The predicted octanol–water partition coefficient (Wildman–Crippen LogP) is 12.6. The summed E-state index contributed by atoms with van der Waals surface area (Å²) in [5.41, 5.74) is 13.8. The summed E-state index contributed by atoms with van der Waals surface area (Å²) in [6.07, 6.45) is 3.74. The quantitative estimate of drug-likeness (QED) is 0.173. The van der Waals surface area contributed by atoms with Crippen molar-refractivity contribution >= 4 is 38.9 Å². The summed E-state index contributed by atoms with van der Waals surface area (Å²) in [6, 6.07) is 67.2. The third kappa shape index (κ3) is 5.41. The van der Waals surface area contributed by atoms with Gasteiger partial charge in [0.2, 0.25) is 0 Å². The van der Waals surface area contributed by atoms with Crippen LogP contribution in [-0.4, -0.2) is 9.55 Å². The van der Waals surface area contributed by atoms with Gasteiger partial charge in [0, 0.05) is 34.0 Å². The molecule has 0 bridgehead atoms. The van der Waals surface area contributed by atoms with Gasteiger partial charge in [0.25, 0.3) is 0 Å². The van der Waals surface area contributed by atoms with Crippen LogP contribution < -0.4 is 4.90 Å². The van der Waals surface area contributed by atoms with Crippen molar-refractivity contribution in [2.45, 2.75) is 0 Å². The second kappa shape index (κ2) is 12.7. The Hall–Kier alpha value is -6.71. The third-order valence-electron chi connectivity index (χ3n) is 9.46. The standard InChI is InChI=1S/C47H33N3/c1-3-12-34(13-4-1)35-23-26-41(27-24-35)49(43-20-11-29-48-33-43)42-19-10-16-38(31-42)36-14-9-15-37(30-36)39-25-28-45-44-21-7-8-22-46(44)50(47(45)32-39)40-17-5-2-6-18-40/h1-33H.